The number of carboxylic acid groups (broad SMARTS) is 1. The van der Waals surface area contributed by atoms with Crippen molar-refractivity contribution in [3.63, 3.8) is 0 Å². The third-order valence-electron chi connectivity index (χ3n) is 3.92. The second kappa shape index (κ2) is 8.73. The van der Waals surface area contributed by atoms with Gasteiger partial charge in [0.25, 0.3) is 10.0 Å². The molecular formula is C20H15Cl2NO5S. The van der Waals surface area contributed by atoms with Crippen molar-refractivity contribution < 1.29 is 23.1 Å². The van der Waals surface area contributed by atoms with E-state index in [0.29, 0.717) is 5.56 Å². The van der Waals surface area contributed by atoms with Crippen LogP contribution in [0.4, 0.5) is 5.69 Å². The molecule has 2 N–H and O–H groups in total. The number of sulfonamides is 1. The predicted molar refractivity (Wildman–Crippen MR) is 111 cm³/mol. The van der Waals surface area contributed by atoms with E-state index in [1.54, 1.807) is 30.3 Å². The number of hydrogen-bond acceptors (Lipinski definition) is 4. The van der Waals surface area contributed by atoms with Crippen LogP contribution in [-0.2, 0) is 16.6 Å². The van der Waals surface area contributed by atoms with E-state index in [1.807, 2.05) is 0 Å². The first kappa shape index (κ1) is 21.0. The Bertz CT molecular complexity index is 1130. The third kappa shape index (κ3) is 5.20. The number of hydrogen-bond donors (Lipinski definition) is 2. The van der Waals surface area contributed by atoms with E-state index in [0.717, 1.165) is 0 Å². The van der Waals surface area contributed by atoms with Gasteiger partial charge in [-0.25, -0.2) is 13.2 Å². The molecule has 0 heterocycles. The average molecular weight is 452 g/mol. The standard InChI is InChI=1S/C20H15Cl2NO5S/c21-16-10-18(23-29(26,27)15-4-2-1-3-5-15)19(11-17(16)22)28-12-13-6-8-14(9-7-13)20(24)25/h1-11,23H,12H2,(H,24,25). The molecule has 0 aliphatic heterocycles. The van der Waals surface area contributed by atoms with Gasteiger partial charge in [-0.2, -0.15) is 0 Å². The number of rotatable bonds is 7. The molecule has 150 valence electrons. The number of halogens is 2. The number of carbonyl (C=O) groups is 1. The smallest absolute Gasteiger partial charge is 0.335 e. The summed E-state index contributed by atoms with van der Waals surface area (Å²) in [5.74, 6) is -0.847. The predicted octanol–water partition coefficient (Wildman–Crippen LogP) is 5.07. The summed E-state index contributed by atoms with van der Waals surface area (Å²) in [4.78, 5) is 11.0. The topological polar surface area (TPSA) is 92.7 Å². The maximum atomic E-state index is 12.6. The van der Waals surface area contributed by atoms with Gasteiger partial charge in [-0.15, -0.1) is 0 Å². The fourth-order valence-electron chi connectivity index (χ4n) is 2.44. The SMILES string of the molecule is O=C(O)c1ccc(COc2cc(Cl)c(Cl)cc2NS(=O)(=O)c2ccccc2)cc1. The maximum Gasteiger partial charge on any atom is 0.335 e. The number of aromatic carboxylic acids is 1. The number of nitrogens with one attached hydrogen (secondary N) is 1. The zero-order chi connectivity index (χ0) is 21.0. The van der Waals surface area contributed by atoms with Gasteiger partial charge in [0.1, 0.15) is 12.4 Å². The Kier molecular flexibility index (Phi) is 6.32. The van der Waals surface area contributed by atoms with Crippen LogP contribution in [0.1, 0.15) is 15.9 Å². The van der Waals surface area contributed by atoms with Crippen molar-refractivity contribution in [2.45, 2.75) is 11.5 Å². The van der Waals surface area contributed by atoms with Crippen LogP contribution in [0.5, 0.6) is 5.75 Å². The molecular weight excluding hydrogens is 437 g/mol. The highest BCUT2D eigenvalue weighted by molar-refractivity contribution is 7.92. The Labute approximate surface area is 177 Å². The van der Waals surface area contributed by atoms with E-state index in [9.17, 15) is 13.2 Å². The molecule has 0 aliphatic rings. The lowest BCUT2D eigenvalue weighted by Crippen LogP contribution is -2.14. The van der Waals surface area contributed by atoms with E-state index in [2.05, 4.69) is 4.72 Å². The van der Waals surface area contributed by atoms with Gasteiger partial charge < -0.3 is 9.84 Å². The Morgan fingerprint density at radius 2 is 1.59 bits per heavy atom. The van der Waals surface area contributed by atoms with Crippen molar-refractivity contribution in [1.29, 1.82) is 0 Å². The highest BCUT2D eigenvalue weighted by Gasteiger charge is 2.18. The fourth-order valence-corrected chi connectivity index (χ4v) is 3.84. The van der Waals surface area contributed by atoms with Gasteiger partial charge in [-0.1, -0.05) is 53.5 Å². The highest BCUT2D eigenvalue weighted by atomic mass is 35.5. The third-order valence-corrected chi connectivity index (χ3v) is 6.02. The van der Waals surface area contributed by atoms with Crippen molar-refractivity contribution in [2.24, 2.45) is 0 Å². The average Bonchev–Trinajstić information content (AvgIpc) is 2.70. The maximum absolute atomic E-state index is 12.6. The van der Waals surface area contributed by atoms with Gasteiger partial charge in [0.2, 0.25) is 0 Å². The van der Waals surface area contributed by atoms with Crippen LogP contribution < -0.4 is 9.46 Å². The molecule has 0 amide bonds. The molecule has 0 aliphatic carbocycles. The van der Waals surface area contributed by atoms with Crippen LogP contribution >= 0.6 is 23.2 Å². The quantitative estimate of drug-likeness (QED) is 0.522. The van der Waals surface area contributed by atoms with Crippen molar-refractivity contribution in [1.82, 2.24) is 0 Å². The Hall–Kier alpha value is -2.74. The summed E-state index contributed by atoms with van der Waals surface area (Å²) in [5, 5.41) is 9.32. The van der Waals surface area contributed by atoms with E-state index in [4.69, 9.17) is 33.0 Å². The number of anilines is 1. The molecule has 0 saturated heterocycles. The molecule has 6 nitrogen and oxygen atoms in total. The summed E-state index contributed by atoms with van der Waals surface area (Å²) < 4.78 is 33.4. The second-order valence-corrected chi connectivity index (χ2v) is 8.47. The molecule has 0 atom stereocenters. The number of carboxylic acids is 1. The van der Waals surface area contributed by atoms with Crippen molar-refractivity contribution in [2.75, 3.05) is 4.72 Å². The lowest BCUT2D eigenvalue weighted by Gasteiger charge is -2.15. The zero-order valence-electron chi connectivity index (χ0n) is 14.8. The van der Waals surface area contributed by atoms with Crippen LogP contribution in [0.25, 0.3) is 0 Å². The fraction of sp³-hybridized carbons (Fsp3) is 0.0500. The van der Waals surface area contributed by atoms with Gasteiger partial charge in [0, 0.05) is 6.07 Å². The van der Waals surface area contributed by atoms with E-state index < -0.39 is 16.0 Å². The van der Waals surface area contributed by atoms with Crippen molar-refractivity contribution in [3.05, 3.63) is 87.9 Å². The van der Waals surface area contributed by atoms with Gasteiger partial charge in [0.05, 0.1) is 26.2 Å². The van der Waals surface area contributed by atoms with Crippen LogP contribution in [0.2, 0.25) is 10.0 Å². The first-order valence-corrected chi connectivity index (χ1v) is 10.5. The minimum absolute atomic E-state index is 0.0674. The summed E-state index contributed by atoms with van der Waals surface area (Å²) in [6.45, 7) is 0.0674. The zero-order valence-corrected chi connectivity index (χ0v) is 17.1. The molecule has 3 aromatic carbocycles. The van der Waals surface area contributed by atoms with E-state index in [-0.39, 0.29) is 38.5 Å². The van der Waals surface area contributed by atoms with Gasteiger partial charge >= 0.3 is 5.97 Å². The molecule has 9 heteroatoms. The largest absolute Gasteiger partial charge is 0.487 e. The Morgan fingerprint density at radius 3 is 2.21 bits per heavy atom. The molecule has 0 radical (unpaired) electrons. The van der Waals surface area contributed by atoms with Crippen LogP contribution in [0.3, 0.4) is 0 Å². The van der Waals surface area contributed by atoms with Crippen molar-refractivity contribution >= 4 is 44.9 Å². The van der Waals surface area contributed by atoms with Gasteiger partial charge in [0.15, 0.2) is 0 Å². The Morgan fingerprint density at radius 1 is 0.966 bits per heavy atom. The monoisotopic (exact) mass is 451 g/mol. The second-order valence-electron chi connectivity index (χ2n) is 5.97. The minimum Gasteiger partial charge on any atom is -0.487 e. The first-order chi connectivity index (χ1) is 13.8. The molecule has 0 aromatic heterocycles. The molecule has 0 unspecified atom stereocenters. The summed E-state index contributed by atoms with van der Waals surface area (Å²) in [7, 11) is -3.86. The summed E-state index contributed by atoms with van der Waals surface area (Å²) in [6.07, 6.45) is 0. The van der Waals surface area contributed by atoms with E-state index >= 15 is 0 Å². The van der Waals surface area contributed by atoms with Crippen LogP contribution in [-0.4, -0.2) is 19.5 Å². The van der Waals surface area contributed by atoms with Crippen LogP contribution in [0, 0.1) is 0 Å². The molecule has 0 bridgehead atoms. The molecule has 29 heavy (non-hydrogen) atoms. The van der Waals surface area contributed by atoms with Crippen molar-refractivity contribution in [3.8, 4) is 5.75 Å². The molecule has 0 fully saturated rings. The molecule has 3 aromatic rings. The summed E-state index contributed by atoms with van der Waals surface area (Å²) in [5.41, 5.74) is 0.975. The normalized spacial score (nSPS) is 11.1. The minimum atomic E-state index is -3.86. The first-order valence-electron chi connectivity index (χ1n) is 8.28. The Balaban J connectivity index is 1.85. The molecule has 3 rings (SSSR count). The van der Waals surface area contributed by atoms with E-state index in [1.165, 1.54) is 36.4 Å². The summed E-state index contributed by atoms with van der Waals surface area (Å²) in [6, 6.07) is 16.8. The number of benzene rings is 3. The number of ether oxygens (including phenoxy) is 1. The van der Waals surface area contributed by atoms with Crippen LogP contribution in [0.15, 0.2) is 71.6 Å². The summed E-state index contributed by atoms with van der Waals surface area (Å²) >= 11 is 12.1. The highest BCUT2D eigenvalue weighted by Crippen LogP contribution is 2.36. The lowest BCUT2D eigenvalue weighted by atomic mass is 10.1. The lowest BCUT2D eigenvalue weighted by molar-refractivity contribution is 0.0697. The molecule has 0 saturated carbocycles. The molecule has 0 spiro atoms. The van der Waals surface area contributed by atoms with Gasteiger partial charge in [-0.3, -0.25) is 4.72 Å². The van der Waals surface area contributed by atoms with Gasteiger partial charge in [-0.05, 0) is 35.9 Å².